The molecule has 1 aromatic heterocycles. The molecule has 0 fully saturated rings. The monoisotopic (exact) mass is 394 g/mol. The van der Waals surface area contributed by atoms with E-state index in [9.17, 15) is 17.3 Å². The first kappa shape index (κ1) is 26.0. The molecule has 0 saturated heterocycles. The summed E-state index contributed by atoms with van der Waals surface area (Å²) in [6.07, 6.45) is 26.5. The molecule has 1 rings (SSSR count). The Kier molecular flexibility index (Phi) is 16.5. The van der Waals surface area contributed by atoms with Gasteiger partial charge in [-0.05, 0) is 12.8 Å². The molecule has 0 radical (unpaired) electrons. The maximum absolute atomic E-state index is 9.75. The van der Waals surface area contributed by atoms with Crippen LogP contribution in [0.25, 0.3) is 0 Å². The zero-order valence-corrected chi connectivity index (χ0v) is 17.3. The van der Waals surface area contributed by atoms with Gasteiger partial charge in [-0.3, -0.25) is 0 Å². The highest BCUT2D eigenvalue weighted by Gasteiger charge is 2.20. The lowest BCUT2D eigenvalue weighted by molar-refractivity contribution is -0.671. The fourth-order valence-electron chi connectivity index (χ4n) is 3.12. The molecule has 0 saturated carbocycles. The molecule has 0 unspecified atom stereocenters. The van der Waals surface area contributed by atoms with E-state index in [-0.39, 0.29) is 0 Å². The van der Waals surface area contributed by atoms with Gasteiger partial charge < -0.3 is 17.3 Å². The van der Waals surface area contributed by atoms with E-state index in [0.717, 1.165) is 0 Å². The molecule has 1 aromatic rings. The van der Waals surface area contributed by atoms with Crippen molar-refractivity contribution in [2.24, 2.45) is 7.05 Å². The van der Waals surface area contributed by atoms with Crippen LogP contribution in [0, 0.1) is 0 Å². The third-order valence-electron chi connectivity index (χ3n) is 4.59. The molecule has 0 N–H and O–H groups in total. The van der Waals surface area contributed by atoms with Gasteiger partial charge in [0, 0.05) is 0 Å². The first-order valence-corrected chi connectivity index (χ1v) is 10.7. The fourth-order valence-corrected chi connectivity index (χ4v) is 3.12. The summed E-state index contributed by atoms with van der Waals surface area (Å²) in [6, 6.07) is 0. The van der Waals surface area contributed by atoms with Gasteiger partial charge in [0.25, 0.3) is 0 Å². The Labute approximate surface area is 163 Å². The lowest BCUT2D eigenvalue weighted by atomic mass is 10.0. The average Bonchev–Trinajstić information content (AvgIpc) is 2.99. The van der Waals surface area contributed by atoms with Crippen molar-refractivity contribution in [1.29, 1.82) is 0 Å². The molecule has 0 spiro atoms. The maximum Gasteiger partial charge on any atom is 0.673 e. The summed E-state index contributed by atoms with van der Waals surface area (Å²) in [5.41, 5.74) is 0. The van der Waals surface area contributed by atoms with E-state index in [1.807, 2.05) is 0 Å². The standard InChI is InChI=1S/C20H39N2.BF4/c1-3-4-5-6-7-8-9-10-11-12-13-14-15-16-17-22-19-18-21(2)20-22;2-1(3,4)5/h18-20H,3-17H2,1-2H3;/q+1;-1. The summed E-state index contributed by atoms with van der Waals surface area (Å²) in [5, 5.41) is 0. The molecule has 0 bridgehead atoms. The predicted octanol–water partition coefficient (Wildman–Crippen LogP) is 7.09. The van der Waals surface area contributed by atoms with E-state index in [0.29, 0.717) is 0 Å². The topological polar surface area (TPSA) is 8.81 Å². The highest BCUT2D eigenvalue weighted by Crippen LogP contribution is 2.13. The maximum atomic E-state index is 9.75. The lowest BCUT2D eigenvalue weighted by Crippen LogP contribution is -2.23. The molecule has 0 amide bonds. The summed E-state index contributed by atoms with van der Waals surface area (Å²) in [4.78, 5) is 0. The number of nitrogens with zero attached hydrogens (tertiary/aromatic N) is 2. The van der Waals surface area contributed by atoms with Crippen LogP contribution in [0.4, 0.5) is 17.3 Å². The van der Waals surface area contributed by atoms with Crippen molar-refractivity contribution in [3.63, 3.8) is 0 Å². The Morgan fingerprint density at radius 1 is 0.704 bits per heavy atom. The van der Waals surface area contributed by atoms with Crippen LogP contribution < -0.4 is 4.57 Å². The van der Waals surface area contributed by atoms with E-state index in [2.05, 4.69) is 41.8 Å². The number of hydrogen-bond acceptors (Lipinski definition) is 0. The highest BCUT2D eigenvalue weighted by atomic mass is 19.5. The van der Waals surface area contributed by atoms with E-state index >= 15 is 0 Å². The fraction of sp³-hybridized carbons (Fsp3) is 0.850. The van der Waals surface area contributed by atoms with Gasteiger partial charge in [0.15, 0.2) is 0 Å². The first-order valence-electron chi connectivity index (χ1n) is 10.7. The van der Waals surface area contributed by atoms with Crippen molar-refractivity contribution in [2.75, 3.05) is 0 Å². The number of unbranched alkanes of at least 4 members (excludes halogenated alkanes) is 13. The lowest BCUT2D eigenvalue weighted by Gasteiger charge is -2.03. The summed E-state index contributed by atoms with van der Waals surface area (Å²) in [5.74, 6) is 0. The number of rotatable bonds is 15. The second kappa shape index (κ2) is 17.1. The van der Waals surface area contributed by atoms with E-state index in [1.54, 1.807) is 0 Å². The molecule has 1 heterocycles. The largest absolute Gasteiger partial charge is 0.673 e. The van der Waals surface area contributed by atoms with E-state index in [4.69, 9.17) is 0 Å². The Hall–Kier alpha value is -1.01. The minimum Gasteiger partial charge on any atom is -0.418 e. The zero-order valence-electron chi connectivity index (χ0n) is 17.3. The highest BCUT2D eigenvalue weighted by molar-refractivity contribution is 6.50. The molecule has 2 nitrogen and oxygen atoms in total. The molecular weight excluding hydrogens is 355 g/mol. The summed E-state index contributed by atoms with van der Waals surface area (Å²) >= 11 is 0. The summed E-state index contributed by atoms with van der Waals surface area (Å²) < 4.78 is 43.4. The van der Waals surface area contributed by atoms with Crippen LogP contribution in [0.3, 0.4) is 0 Å². The molecule has 27 heavy (non-hydrogen) atoms. The Bertz CT molecular complexity index is 430. The van der Waals surface area contributed by atoms with Crippen molar-refractivity contribution in [2.45, 2.75) is 103 Å². The first-order chi connectivity index (χ1) is 12.8. The third-order valence-corrected chi connectivity index (χ3v) is 4.59. The van der Waals surface area contributed by atoms with Crippen LogP contribution in [-0.4, -0.2) is 11.8 Å². The van der Waals surface area contributed by atoms with Crippen molar-refractivity contribution in [1.82, 2.24) is 4.57 Å². The second-order valence-electron chi connectivity index (χ2n) is 7.41. The van der Waals surface area contributed by atoms with Gasteiger partial charge in [0.1, 0.15) is 12.4 Å². The van der Waals surface area contributed by atoms with Crippen molar-refractivity contribution in [3.05, 3.63) is 18.7 Å². The summed E-state index contributed by atoms with van der Waals surface area (Å²) in [7, 11) is -3.91. The van der Waals surface area contributed by atoms with Gasteiger partial charge in [-0.2, -0.15) is 0 Å². The quantitative estimate of drug-likeness (QED) is 0.130. The molecule has 7 heteroatoms. The normalized spacial score (nSPS) is 11.3. The zero-order chi connectivity index (χ0) is 20.4. The Balaban J connectivity index is 0.00000119. The van der Waals surface area contributed by atoms with Gasteiger partial charge in [0.05, 0.1) is 13.6 Å². The van der Waals surface area contributed by atoms with Gasteiger partial charge in [-0.1, -0.05) is 84.0 Å². The third kappa shape index (κ3) is 23.0. The molecule has 0 aromatic carbocycles. The van der Waals surface area contributed by atoms with Crippen LogP contribution in [0.1, 0.15) is 96.8 Å². The smallest absolute Gasteiger partial charge is 0.418 e. The molecule has 0 aliphatic carbocycles. The summed E-state index contributed by atoms with van der Waals surface area (Å²) in [6.45, 7) is 3.47. The second-order valence-corrected chi connectivity index (χ2v) is 7.41. The SMILES string of the molecule is CCCCCCCCCCCCCCCCn1cc[n+](C)c1.F[B-](F)(F)F. The predicted molar refractivity (Wildman–Crippen MR) is 106 cm³/mol. The molecule has 0 aliphatic heterocycles. The van der Waals surface area contributed by atoms with Crippen molar-refractivity contribution < 1.29 is 21.8 Å². The number of aryl methyl sites for hydroxylation is 2. The number of halogens is 4. The van der Waals surface area contributed by atoms with E-state index in [1.165, 1.54) is 96.4 Å². The van der Waals surface area contributed by atoms with Gasteiger partial charge in [0.2, 0.25) is 6.33 Å². The van der Waals surface area contributed by atoms with Gasteiger partial charge in [-0.15, -0.1) is 0 Å². The van der Waals surface area contributed by atoms with Crippen LogP contribution in [0.15, 0.2) is 18.7 Å². The molecule has 160 valence electrons. The van der Waals surface area contributed by atoms with Crippen molar-refractivity contribution >= 4 is 7.25 Å². The van der Waals surface area contributed by atoms with Crippen LogP contribution in [0.2, 0.25) is 0 Å². The van der Waals surface area contributed by atoms with Crippen molar-refractivity contribution in [3.8, 4) is 0 Å². The van der Waals surface area contributed by atoms with Gasteiger partial charge >= 0.3 is 7.25 Å². The molecule has 0 aliphatic rings. The van der Waals surface area contributed by atoms with Crippen LogP contribution >= 0.6 is 0 Å². The van der Waals surface area contributed by atoms with Gasteiger partial charge in [-0.25, -0.2) is 9.13 Å². The minimum atomic E-state index is -6.00. The van der Waals surface area contributed by atoms with Crippen LogP contribution in [-0.2, 0) is 13.6 Å². The average molecular weight is 394 g/mol. The minimum absolute atomic E-state index is 1.18. The molecule has 0 atom stereocenters. The Morgan fingerprint density at radius 2 is 1.07 bits per heavy atom. The number of imidazole rings is 1. The number of hydrogen-bond donors (Lipinski definition) is 0. The number of aromatic nitrogens is 2. The van der Waals surface area contributed by atoms with E-state index < -0.39 is 7.25 Å². The van der Waals surface area contributed by atoms with Crippen LogP contribution in [0.5, 0.6) is 0 Å². The molecular formula is C20H39BF4N2. The Morgan fingerprint density at radius 3 is 1.41 bits per heavy atom.